The van der Waals surface area contributed by atoms with E-state index in [1.807, 2.05) is 0 Å². The molecule has 0 unspecified atom stereocenters. The molecule has 0 rings (SSSR count). The van der Waals surface area contributed by atoms with E-state index in [1.54, 1.807) is 13.0 Å². The molecule has 0 aliphatic heterocycles. The van der Waals surface area contributed by atoms with Crippen molar-refractivity contribution in [2.24, 2.45) is 0 Å². The Balaban J connectivity index is 3.62. The molecule has 0 aliphatic rings. The maximum Gasteiger partial charge on any atom is 0.224 e. The van der Waals surface area contributed by atoms with Gasteiger partial charge in [0.25, 0.3) is 0 Å². The predicted molar refractivity (Wildman–Crippen MR) is 39.4 cm³/mol. The van der Waals surface area contributed by atoms with E-state index in [-0.39, 0.29) is 11.5 Å². The molecular weight excluding hydrogens is 186 g/mol. The lowest BCUT2D eigenvalue weighted by Gasteiger charge is -1.89. The molecule has 0 aromatic rings. The number of nitrogens with zero attached hydrogens (tertiary/aromatic N) is 1. The third-order valence-electron chi connectivity index (χ3n) is 0.804. The summed E-state index contributed by atoms with van der Waals surface area (Å²) in [5.74, 6) is 0. The second kappa shape index (κ2) is 4.49. The molecule has 0 spiro atoms. The average molecular weight is 194 g/mol. The monoisotopic (exact) mass is 193 g/mol. The highest BCUT2D eigenvalue weighted by molar-refractivity contribution is 9.09. The second-order valence-corrected chi connectivity index (χ2v) is 2.34. The number of alkyl halides is 1. The van der Waals surface area contributed by atoms with Gasteiger partial charge in [0.05, 0.1) is 0 Å². The summed E-state index contributed by atoms with van der Waals surface area (Å²) in [6.07, 6.45) is 1.78. The summed E-state index contributed by atoms with van der Waals surface area (Å²) in [6, 6.07) is 0. The van der Waals surface area contributed by atoms with E-state index in [4.69, 9.17) is 0 Å². The van der Waals surface area contributed by atoms with Gasteiger partial charge in [-0.3, -0.25) is 10.1 Å². The Hall–Kier alpha value is -0.380. The molecule has 0 N–H and O–H groups in total. The van der Waals surface area contributed by atoms with E-state index in [2.05, 4.69) is 15.9 Å². The summed E-state index contributed by atoms with van der Waals surface area (Å²) in [4.78, 5) is 9.50. The average Bonchev–Trinajstić information content (AvgIpc) is 1.63. The van der Waals surface area contributed by atoms with Crippen LogP contribution in [0.15, 0.2) is 11.6 Å². The first-order valence-electron chi connectivity index (χ1n) is 2.50. The van der Waals surface area contributed by atoms with Crippen LogP contribution < -0.4 is 0 Å². The van der Waals surface area contributed by atoms with Crippen molar-refractivity contribution in [3.63, 3.8) is 0 Å². The molecule has 0 amide bonds. The molecule has 0 heterocycles. The molecule has 0 aromatic heterocycles. The third-order valence-corrected chi connectivity index (χ3v) is 1.13. The first-order chi connectivity index (χ1) is 4.16. The van der Waals surface area contributed by atoms with Gasteiger partial charge < -0.3 is 0 Å². The van der Waals surface area contributed by atoms with Gasteiger partial charge in [-0.05, 0) is 12.5 Å². The van der Waals surface area contributed by atoms with Crippen LogP contribution in [0.2, 0.25) is 0 Å². The van der Waals surface area contributed by atoms with Gasteiger partial charge in [0, 0.05) is 10.3 Å². The lowest BCUT2D eigenvalue weighted by molar-refractivity contribution is -0.470. The zero-order chi connectivity index (χ0) is 7.28. The van der Waals surface area contributed by atoms with Crippen LogP contribution in [0, 0.1) is 10.1 Å². The van der Waals surface area contributed by atoms with Crippen LogP contribution in [0.3, 0.4) is 0 Å². The fourth-order valence-electron chi connectivity index (χ4n) is 0.400. The first kappa shape index (κ1) is 8.62. The van der Waals surface area contributed by atoms with Crippen molar-refractivity contribution in [1.82, 2.24) is 0 Å². The molecule has 0 bridgehead atoms. The van der Waals surface area contributed by atoms with Crippen molar-refractivity contribution < 1.29 is 4.92 Å². The van der Waals surface area contributed by atoms with Gasteiger partial charge in [-0.25, -0.2) is 0 Å². The van der Waals surface area contributed by atoms with Gasteiger partial charge in [-0.2, -0.15) is 0 Å². The molecule has 0 saturated carbocycles. The molecule has 0 atom stereocenters. The van der Waals surface area contributed by atoms with Gasteiger partial charge in [-0.15, -0.1) is 0 Å². The Morgan fingerprint density at radius 3 is 2.78 bits per heavy atom. The molecule has 0 aromatic carbocycles. The van der Waals surface area contributed by atoms with E-state index < -0.39 is 0 Å². The topological polar surface area (TPSA) is 43.1 Å². The van der Waals surface area contributed by atoms with Gasteiger partial charge in [-0.1, -0.05) is 22.0 Å². The van der Waals surface area contributed by atoms with Crippen LogP contribution in [-0.2, 0) is 0 Å². The molecule has 0 fully saturated rings. The van der Waals surface area contributed by atoms with Crippen LogP contribution in [-0.4, -0.2) is 16.8 Å². The summed E-state index contributed by atoms with van der Waals surface area (Å²) in [7, 11) is 0. The van der Waals surface area contributed by atoms with E-state index in [1.165, 1.54) is 0 Å². The molecule has 3 nitrogen and oxygen atoms in total. The molecular formula is C5H8BrNO2. The number of halogens is 1. The number of hydrogen-bond donors (Lipinski definition) is 0. The van der Waals surface area contributed by atoms with E-state index >= 15 is 0 Å². The van der Waals surface area contributed by atoms with Crippen molar-refractivity contribution in [1.29, 1.82) is 0 Å². The van der Waals surface area contributed by atoms with Crippen molar-refractivity contribution in [3.05, 3.63) is 21.8 Å². The zero-order valence-electron chi connectivity index (χ0n) is 5.13. The second-order valence-electron chi connectivity index (χ2n) is 1.70. The number of hydrogen-bond acceptors (Lipinski definition) is 2. The molecule has 9 heavy (non-hydrogen) atoms. The van der Waals surface area contributed by atoms with Crippen LogP contribution in [0.25, 0.3) is 0 Å². The van der Waals surface area contributed by atoms with Crippen molar-refractivity contribution in [2.75, 3.05) is 11.9 Å². The molecule has 4 heteroatoms. The normalized spacial score (nSPS) is 11.6. The van der Waals surface area contributed by atoms with Gasteiger partial charge >= 0.3 is 0 Å². The molecule has 0 radical (unpaired) electrons. The minimum Gasteiger partial charge on any atom is -0.264 e. The van der Waals surface area contributed by atoms with Gasteiger partial charge in [0.1, 0.15) is 0 Å². The third kappa shape index (κ3) is 5.49. The minimum atomic E-state index is -0.339. The van der Waals surface area contributed by atoms with Crippen LogP contribution in [0.5, 0.6) is 0 Å². The van der Waals surface area contributed by atoms with E-state index in [0.717, 1.165) is 5.57 Å². The Bertz CT molecular complexity index is 133. The molecule has 52 valence electrons. The Morgan fingerprint density at radius 1 is 1.89 bits per heavy atom. The largest absolute Gasteiger partial charge is 0.264 e. The van der Waals surface area contributed by atoms with Gasteiger partial charge in [0.2, 0.25) is 6.54 Å². The van der Waals surface area contributed by atoms with E-state index in [0.29, 0.717) is 5.33 Å². The Kier molecular flexibility index (Phi) is 4.30. The Morgan fingerprint density at radius 2 is 2.44 bits per heavy atom. The fraction of sp³-hybridized carbons (Fsp3) is 0.600. The summed E-state index contributed by atoms with van der Waals surface area (Å²) in [6.45, 7) is 1.69. The highest BCUT2D eigenvalue weighted by Gasteiger charge is 1.96. The smallest absolute Gasteiger partial charge is 0.224 e. The van der Waals surface area contributed by atoms with Crippen molar-refractivity contribution in [3.8, 4) is 0 Å². The lowest BCUT2D eigenvalue weighted by atomic mass is 10.3. The predicted octanol–water partition coefficient (Wildman–Crippen LogP) is 1.60. The quantitative estimate of drug-likeness (QED) is 0.296. The zero-order valence-corrected chi connectivity index (χ0v) is 6.72. The molecule has 0 saturated heterocycles. The SMILES string of the molecule is C/C(=C\CBr)C[N+](=O)[O-]. The van der Waals surface area contributed by atoms with Crippen LogP contribution >= 0.6 is 15.9 Å². The van der Waals surface area contributed by atoms with Crippen LogP contribution in [0.4, 0.5) is 0 Å². The van der Waals surface area contributed by atoms with Crippen molar-refractivity contribution >= 4 is 15.9 Å². The summed E-state index contributed by atoms with van der Waals surface area (Å²) in [5.41, 5.74) is 0.789. The Labute approximate surface area is 62.0 Å². The number of allylic oxidation sites excluding steroid dienone is 1. The van der Waals surface area contributed by atoms with E-state index in [9.17, 15) is 10.1 Å². The van der Waals surface area contributed by atoms with Gasteiger partial charge in [0.15, 0.2) is 0 Å². The summed E-state index contributed by atoms with van der Waals surface area (Å²) < 4.78 is 0. The van der Waals surface area contributed by atoms with Crippen molar-refractivity contribution in [2.45, 2.75) is 6.92 Å². The minimum absolute atomic E-state index is 0.0500. The fourth-order valence-corrected chi connectivity index (χ4v) is 0.953. The molecule has 0 aliphatic carbocycles. The number of nitro groups is 1. The standard InChI is InChI=1S/C5H8BrNO2/c1-5(2-3-6)4-7(8)9/h2H,3-4H2,1H3/b5-2+. The first-order valence-corrected chi connectivity index (χ1v) is 3.62. The van der Waals surface area contributed by atoms with Crippen LogP contribution in [0.1, 0.15) is 6.92 Å². The summed E-state index contributed by atoms with van der Waals surface area (Å²) >= 11 is 3.14. The number of rotatable bonds is 3. The highest BCUT2D eigenvalue weighted by Crippen LogP contribution is 1.93. The maximum atomic E-state index is 9.83. The maximum absolute atomic E-state index is 9.83. The summed E-state index contributed by atoms with van der Waals surface area (Å²) in [5, 5.41) is 10.5. The lowest BCUT2D eigenvalue weighted by Crippen LogP contribution is -2.01. The highest BCUT2D eigenvalue weighted by atomic mass is 79.9.